The number of nitrogens with zero attached hydrogens (tertiary/aromatic N) is 2. The fourth-order valence-corrected chi connectivity index (χ4v) is 3.08. The van der Waals surface area contributed by atoms with Crippen LogP contribution in [0.3, 0.4) is 0 Å². The molecule has 7 nitrogen and oxygen atoms in total. The molecule has 2 aromatic rings. The van der Waals surface area contributed by atoms with Crippen LogP contribution in [0.1, 0.15) is 10.4 Å². The third-order valence-corrected chi connectivity index (χ3v) is 4.31. The molecule has 1 heterocycles. The zero-order valence-electron chi connectivity index (χ0n) is 11.5. The van der Waals surface area contributed by atoms with E-state index in [0.717, 1.165) is 15.6 Å². The molecule has 22 heavy (non-hydrogen) atoms. The Kier molecular flexibility index (Phi) is 5.35. The Morgan fingerprint density at radius 2 is 2.18 bits per heavy atom. The lowest BCUT2D eigenvalue weighted by Crippen LogP contribution is -2.20. The second-order valence-corrected chi connectivity index (χ2v) is 6.13. The summed E-state index contributed by atoms with van der Waals surface area (Å²) in [5.41, 5.74) is 0.515. The summed E-state index contributed by atoms with van der Waals surface area (Å²) in [4.78, 5) is 15.5. The van der Waals surface area contributed by atoms with Crippen LogP contribution >= 0.6 is 22.9 Å². The summed E-state index contributed by atoms with van der Waals surface area (Å²) in [6, 6.07) is 4.33. The van der Waals surface area contributed by atoms with Crippen LogP contribution in [0, 0.1) is 0 Å². The predicted molar refractivity (Wildman–Crippen MR) is 84.4 cm³/mol. The Bertz CT molecular complexity index is 721. The number of hydrogen-bond acceptors (Lipinski definition) is 6. The number of benzene rings is 1. The third-order valence-electron chi connectivity index (χ3n) is 2.65. The highest BCUT2D eigenvalue weighted by Crippen LogP contribution is 2.36. The molecule has 0 aliphatic rings. The van der Waals surface area contributed by atoms with E-state index in [1.54, 1.807) is 0 Å². The highest BCUT2D eigenvalue weighted by molar-refractivity contribution is 7.81. The SMILES string of the molecule is COC(=O)c1ccc(N(c2csc(Cl)n2)S(=O)O)c(OC)c1. The van der Waals surface area contributed by atoms with E-state index >= 15 is 0 Å². The zero-order chi connectivity index (χ0) is 16.3. The van der Waals surface area contributed by atoms with Crippen molar-refractivity contribution < 1.29 is 23.0 Å². The maximum absolute atomic E-state index is 11.7. The van der Waals surface area contributed by atoms with Crippen molar-refractivity contribution in [2.45, 2.75) is 0 Å². The van der Waals surface area contributed by atoms with Gasteiger partial charge in [-0.15, -0.1) is 11.3 Å². The summed E-state index contributed by atoms with van der Waals surface area (Å²) in [5.74, 6) is -0.132. The van der Waals surface area contributed by atoms with Crippen molar-refractivity contribution in [3.63, 3.8) is 0 Å². The van der Waals surface area contributed by atoms with Gasteiger partial charge in [-0.05, 0) is 18.2 Å². The van der Waals surface area contributed by atoms with E-state index in [1.807, 2.05) is 0 Å². The van der Waals surface area contributed by atoms with Gasteiger partial charge in [0.05, 0.1) is 19.8 Å². The minimum Gasteiger partial charge on any atom is -0.495 e. The van der Waals surface area contributed by atoms with E-state index < -0.39 is 17.2 Å². The van der Waals surface area contributed by atoms with Crippen LogP contribution in [-0.2, 0) is 16.0 Å². The van der Waals surface area contributed by atoms with Crippen LogP contribution in [0.15, 0.2) is 23.6 Å². The van der Waals surface area contributed by atoms with Gasteiger partial charge in [-0.1, -0.05) is 11.6 Å². The molecule has 1 N–H and O–H groups in total. The average Bonchev–Trinajstić information content (AvgIpc) is 2.92. The van der Waals surface area contributed by atoms with E-state index in [2.05, 4.69) is 9.72 Å². The maximum atomic E-state index is 11.7. The van der Waals surface area contributed by atoms with Crippen LogP contribution in [0.2, 0.25) is 4.47 Å². The van der Waals surface area contributed by atoms with Gasteiger partial charge in [0.25, 0.3) is 11.3 Å². The van der Waals surface area contributed by atoms with E-state index in [1.165, 1.54) is 37.8 Å². The van der Waals surface area contributed by atoms with Crippen LogP contribution in [0.5, 0.6) is 5.75 Å². The molecule has 1 unspecified atom stereocenters. The van der Waals surface area contributed by atoms with Crippen molar-refractivity contribution in [3.05, 3.63) is 33.6 Å². The summed E-state index contributed by atoms with van der Waals surface area (Å²) in [6.45, 7) is 0. The molecule has 1 aromatic heterocycles. The summed E-state index contributed by atoms with van der Waals surface area (Å²) in [5, 5.41) is 1.53. The lowest BCUT2D eigenvalue weighted by molar-refractivity contribution is 0.0600. The maximum Gasteiger partial charge on any atom is 0.337 e. The summed E-state index contributed by atoms with van der Waals surface area (Å²) < 4.78 is 32.3. The first kappa shape index (κ1) is 16.7. The topological polar surface area (TPSA) is 89.0 Å². The van der Waals surface area contributed by atoms with E-state index in [4.69, 9.17) is 16.3 Å². The van der Waals surface area contributed by atoms with Crippen LogP contribution in [0.4, 0.5) is 11.5 Å². The molecule has 2 rings (SSSR count). The highest BCUT2D eigenvalue weighted by Gasteiger charge is 2.23. The van der Waals surface area contributed by atoms with Gasteiger partial charge in [0, 0.05) is 5.38 Å². The number of anilines is 2. The molecular weight excluding hydrogens is 352 g/mol. The number of rotatable bonds is 5. The van der Waals surface area contributed by atoms with Crippen LogP contribution in [0.25, 0.3) is 0 Å². The van der Waals surface area contributed by atoms with Crippen molar-refractivity contribution >= 4 is 51.7 Å². The first-order chi connectivity index (χ1) is 10.5. The predicted octanol–water partition coefficient (Wildman–Crippen LogP) is 2.87. The highest BCUT2D eigenvalue weighted by atomic mass is 35.5. The fourth-order valence-electron chi connectivity index (χ4n) is 1.72. The molecule has 0 saturated heterocycles. The number of esters is 1. The molecular formula is C12H11ClN2O5S2. The van der Waals surface area contributed by atoms with Crippen molar-refractivity contribution in [2.24, 2.45) is 0 Å². The first-order valence-corrected chi connectivity index (χ1v) is 8.08. The largest absolute Gasteiger partial charge is 0.495 e. The first-order valence-electron chi connectivity index (χ1n) is 5.76. The van der Waals surface area contributed by atoms with E-state index in [-0.39, 0.29) is 27.3 Å². The molecule has 0 saturated carbocycles. The van der Waals surface area contributed by atoms with Gasteiger partial charge in [0.1, 0.15) is 11.4 Å². The number of carbonyl (C=O) groups is 1. The quantitative estimate of drug-likeness (QED) is 0.649. The summed E-state index contributed by atoms with van der Waals surface area (Å²) >= 11 is 4.49. The number of hydrogen-bond donors (Lipinski definition) is 1. The molecule has 10 heteroatoms. The van der Waals surface area contributed by atoms with Gasteiger partial charge in [-0.2, -0.15) is 0 Å². The molecule has 0 spiro atoms. The number of thiazole rings is 1. The van der Waals surface area contributed by atoms with Crippen molar-refractivity contribution in [3.8, 4) is 5.75 Å². The van der Waals surface area contributed by atoms with Crippen molar-refractivity contribution in [1.29, 1.82) is 0 Å². The normalized spacial score (nSPS) is 11.8. The number of carbonyl (C=O) groups excluding carboxylic acids is 1. The van der Waals surface area contributed by atoms with Gasteiger partial charge >= 0.3 is 5.97 Å². The molecule has 0 aliphatic heterocycles. The Morgan fingerprint density at radius 3 is 2.68 bits per heavy atom. The van der Waals surface area contributed by atoms with Crippen molar-refractivity contribution in [2.75, 3.05) is 18.5 Å². The second-order valence-electron chi connectivity index (χ2n) is 3.86. The monoisotopic (exact) mass is 362 g/mol. The van der Waals surface area contributed by atoms with Gasteiger partial charge in [0.2, 0.25) is 0 Å². The Balaban J connectivity index is 2.52. The number of ether oxygens (including phenoxy) is 2. The summed E-state index contributed by atoms with van der Waals surface area (Å²) in [6.07, 6.45) is 0. The minimum absolute atomic E-state index is 0.194. The van der Waals surface area contributed by atoms with E-state index in [0.29, 0.717) is 0 Å². The second kappa shape index (κ2) is 7.05. The van der Waals surface area contributed by atoms with Gasteiger partial charge in [-0.25, -0.2) is 18.3 Å². The van der Waals surface area contributed by atoms with E-state index in [9.17, 15) is 13.6 Å². The van der Waals surface area contributed by atoms with Crippen molar-refractivity contribution in [1.82, 2.24) is 4.98 Å². The van der Waals surface area contributed by atoms with Gasteiger partial charge < -0.3 is 9.47 Å². The molecule has 118 valence electrons. The average molecular weight is 363 g/mol. The smallest absolute Gasteiger partial charge is 0.337 e. The van der Waals surface area contributed by atoms with Crippen LogP contribution in [-0.4, -0.2) is 33.9 Å². The molecule has 1 aromatic carbocycles. The number of methoxy groups -OCH3 is 2. The molecule has 0 aliphatic carbocycles. The lowest BCUT2D eigenvalue weighted by Gasteiger charge is -2.20. The summed E-state index contributed by atoms with van der Waals surface area (Å²) in [7, 11) is 2.64. The van der Waals surface area contributed by atoms with Crippen LogP contribution < -0.4 is 9.04 Å². The molecule has 1 atom stereocenters. The molecule has 0 bridgehead atoms. The lowest BCUT2D eigenvalue weighted by atomic mass is 10.2. The number of halogens is 1. The third kappa shape index (κ3) is 3.38. The molecule has 0 radical (unpaired) electrons. The standard InChI is InChI=1S/C12H11ClN2O5S2/c1-19-9-5-7(11(16)20-2)3-4-8(9)15(22(17)18)10-6-21-12(13)14-10/h3-6H,1-2H3,(H,17,18). The molecule has 0 fully saturated rings. The molecule has 0 amide bonds. The Morgan fingerprint density at radius 1 is 1.45 bits per heavy atom. The number of aromatic nitrogens is 1. The zero-order valence-corrected chi connectivity index (χ0v) is 13.9. The fraction of sp³-hybridized carbons (Fsp3) is 0.167. The minimum atomic E-state index is -2.40. The Hall–Kier alpha value is -1.68. The Labute approximate surface area is 137 Å². The van der Waals surface area contributed by atoms with Gasteiger partial charge in [-0.3, -0.25) is 4.55 Å². The van der Waals surface area contributed by atoms with Gasteiger partial charge in [0.15, 0.2) is 10.3 Å².